The molecule has 0 saturated carbocycles. The van der Waals surface area contributed by atoms with E-state index in [-0.39, 0.29) is 85.6 Å². The number of benzene rings is 4. The third-order valence-electron chi connectivity index (χ3n) is 8.24. The number of esters is 4. The minimum Gasteiger partial charge on any atom is -0.386 e. The van der Waals surface area contributed by atoms with Crippen molar-refractivity contribution in [2.24, 2.45) is 0 Å². The minimum absolute atomic E-state index is 0.0495. The van der Waals surface area contributed by atoms with Gasteiger partial charge in [0.1, 0.15) is 0 Å². The predicted octanol–water partition coefficient (Wildman–Crippen LogP) is 2.90. The van der Waals surface area contributed by atoms with E-state index in [0.717, 1.165) is 9.80 Å². The second kappa shape index (κ2) is 8.26. The maximum atomic E-state index is 13.4. The molecule has 0 spiro atoms. The topological polar surface area (TPSA) is 162 Å². The van der Waals surface area contributed by atoms with Crippen LogP contribution in [0.15, 0.2) is 48.5 Å². The lowest BCUT2D eigenvalue weighted by atomic mass is 9.87. The quantitative estimate of drug-likeness (QED) is 0.201. The Morgan fingerprint density at radius 3 is 0.884 bits per heavy atom. The fourth-order valence-corrected chi connectivity index (χ4v) is 6.33. The molecule has 0 aliphatic carbocycles. The summed E-state index contributed by atoms with van der Waals surface area (Å²) in [5.74, 6) is -6.06. The zero-order valence-electron chi connectivity index (χ0n) is 21.7. The molecule has 0 aromatic heterocycles. The highest BCUT2D eigenvalue weighted by Gasteiger charge is 2.40. The zero-order chi connectivity index (χ0) is 29.9. The molecule has 0 saturated heterocycles. The number of amides is 4. The first-order valence-electron chi connectivity index (χ1n) is 13.1. The van der Waals surface area contributed by atoms with Crippen molar-refractivity contribution in [2.75, 3.05) is 13.1 Å². The van der Waals surface area contributed by atoms with Crippen LogP contribution in [0.4, 0.5) is 0 Å². The van der Waals surface area contributed by atoms with Gasteiger partial charge in [0.25, 0.3) is 23.6 Å². The molecule has 12 heteroatoms. The van der Waals surface area contributed by atoms with E-state index in [0.29, 0.717) is 0 Å². The van der Waals surface area contributed by atoms with Crippen LogP contribution in [0.3, 0.4) is 0 Å². The Bertz CT molecular complexity index is 1890. The lowest BCUT2D eigenvalue weighted by Crippen LogP contribution is -2.44. The molecule has 4 amide bonds. The summed E-state index contributed by atoms with van der Waals surface area (Å²) in [5.41, 5.74) is 0.825. The molecular weight excluding hydrogens is 560 g/mol. The summed E-state index contributed by atoms with van der Waals surface area (Å²) in [5, 5.41) is 0.782. The highest BCUT2D eigenvalue weighted by Crippen LogP contribution is 2.39. The Morgan fingerprint density at radius 2 is 0.605 bits per heavy atom. The predicted molar refractivity (Wildman–Crippen MR) is 143 cm³/mol. The minimum atomic E-state index is -0.868. The number of ether oxygens (including phenoxy) is 2. The van der Waals surface area contributed by atoms with Crippen molar-refractivity contribution in [1.29, 1.82) is 0 Å². The third-order valence-corrected chi connectivity index (χ3v) is 8.24. The van der Waals surface area contributed by atoms with Crippen LogP contribution in [0.5, 0.6) is 0 Å². The first-order valence-corrected chi connectivity index (χ1v) is 13.1. The molecule has 4 aliphatic heterocycles. The van der Waals surface area contributed by atoms with E-state index in [2.05, 4.69) is 0 Å². The average Bonchev–Trinajstić information content (AvgIpc) is 2.99. The Kier molecular flexibility index (Phi) is 4.75. The number of nitrogens with zero attached hydrogens (tertiary/aromatic N) is 2. The highest BCUT2D eigenvalue weighted by atomic mass is 16.6. The van der Waals surface area contributed by atoms with E-state index in [1.807, 2.05) is 0 Å². The molecule has 0 unspecified atom stereocenters. The van der Waals surface area contributed by atoms with Crippen molar-refractivity contribution in [3.63, 3.8) is 0 Å². The monoisotopic (exact) mass is 574 g/mol. The van der Waals surface area contributed by atoms with Crippen LogP contribution in [0, 0.1) is 0 Å². The average molecular weight is 574 g/mol. The molecule has 0 fully saturated rings. The molecule has 4 aliphatic rings. The molecular formula is C31H14N2O10. The van der Waals surface area contributed by atoms with Gasteiger partial charge in [0.05, 0.1) is 22.3 Å². The van der Waals surface area contributed by atoms with Gasteiger partial charge in [-0.15, -0.1) is 0 Å². The number of hydrogen-bond acceptors (Lipinski definition) is 10. The first-order chi connectivity index (χ1) is 20.7. The maximum Gasteiger partial charge on any atom is 0.346 e. The zero-order valence-corrected chi connectivity index (χ0v) is 21.7. The van der Waals surface area contributed by atoms with Gasteiger partial charge < -0.3 is 9.47 Å². The Morgan fingerprint density at radius 1 is 0.372 bits per heavy atom. The highest BCUT2D eigenvalue weighted by molar-refractivity contribution is 6.33. The molecule has 4 aromatic rings. The Hall–Kier alpha value is -6.04. The van der Waals surface area contributed by atoms with Crippen LogP contribution in [0.25, 0.3) is 21.5 Å². The molecule has 12 nitrogen and oxygen atoms in total. The normalized spacial score (nSPS) is 16.8. The van der Waals surface area contributed by atoms with Gasteiger partial charge in [-0.05, 0) is 55.0 Å². The van der Waals surface area contributed by atoms with Crippen LogP contribution in [-0.2, 0) is 9.47 Å². The number of carbonyl (C=O) groups excluding carboxylic acids is 8. The summed E-state index contributed by atoms with van der Waals surface area (Å²) < 4.78 is 9.51. The standard InChI is InChI=1S/C31H14N2O10/c34-24-12-2-6-16-22-17(29(39)42-28(16)38)7-3-13(20(12)22)25(35)32(24)10-1-11-33-26(36)14-4-8-18-23-19(31(41)43-30(18)40)9-5-15(21(14)23)27(33)37/h2-9H,1,10-11H2. The van der Waals surface area contributed by atoms with Crippen LogP contribution in [0.2, 0.25) is 0 Å². The second-order valence-corrected chi connectivity index (χ2v) is 10.4. The smallest absolute Gasteiger partial charge is 0.346 e. The summed E-state index contributed by atoms with van der Waals surface area (Å²) in [7, 11) is 0. The Balaban J connectivity index is 1.09. The summed E-state index contributed by atoms with van der Waals surface area (Å²) in [6.45, 7) is -0.277. The largest absolute Gasteiger partial charge is 0.386 e. The van der Waals surface area contributed by atoms with Gasteiger partial charge in [-0.25, -0.2) is 19.2 Å². The third kappa shape index (κ3) is 3.08. The maximum absolute atomic E-state index is 13.4. The van der Waals surface area contributed by atoms with Crippen LogP contribution >= 0.6 is 0 Å². The van der Waals surface area contributed by atoms with Crippen LogP contribution in [-0.4, -0.2) is 70.4 Å². The van der Waals surface area contributed by atoms with Crippen molar-refractivity contribution in [3.05, 3.63) is 93.0 Å². The fraction of sp³-hybridized carbons (Fsp3) is 0.0968. The van der Waals surface area contributed by atoms with Gasteiger partial charge in [0, 0.05) is 56.9 Å². The molecule has 0 bridgehead atoms. The van der Waals surface area contributed by atoms with Crippen molar-refractivity contribution in [3.8, 4) is 0 Å². The van der Waals surface area contributed by atoms with Crippen LogP contribution < -0.4 is 0 Å². The van der Waals surface area contributed by atoms with Crippen molar-refractivity contribution in [2.45, 2.75) is 6.42 Å². The molecule has 0 radical (unpaired) electrons. The SMILES string of the molecule is O=C1OC(=O)c2ccc3c4c(ccc1c24)C(=O)N(CCCN1C(=O)c2ccc4c5c(ccc(c25)C1=O)C(=O)OC4=O)C3=O. The van der Waals surface area contributed by atoms with Gasteiger partial charge in [0.15, 0.2) is 0 Å². The molecule has 8 rings (SSSR count). The van der Waals surface area contributed by atoms with Crippen molar-refractivity contribution < 1.29 is 47.8 Å². The summed E-state index contributed by atoms with van der Waals surface area (Å²) in [6.07, 6.45) is 0.0495. The molecule has 0 N–H and O–H groups in total. The van der Waals surface area contributed by atoms with E-state index in [9.17, 15) is 38.4 Å². The summed E-state index contributed by atoms with van der Waals surface area (Å²) >= 11 is 0. The van der Waals surface area contributed by atoms with Crippen molar-refractivity contribution in [1.82, 2.24) is 9.80 Å². The second-order valence-electron chi connectivity index (χ2n) is 10.4. The summed E-state index contributed by atoms with van der Waals surface area (Å²) in [6, 6.07) is 11.1. The van der Waals surface area contributed by atoms with E-state index in [1.54, 1.807) is 0 Å². The summed E-state index contributed by atoms with van der Waals surface area (Å²) in [4.78, 5) is 105. The molecule has 0 atom stereocenters. The molecule has 4 aromatic carbocycles. The van der Waals surface area contributed by atoms with E-state index < -0.39 is 47.5 Å². The van der Waals surface area contributed by atoms with Gasteiger partial charge >= 0.3 is 23.9 Å². The number of rotatable bonds is 4. The van der Waals surface area contributed by atoms with Crippen LogP contribution in [0.1, 0.15) is 89.3 Å². The molecule has 4 heterocycles. The lowest BCUT2D eigenvalue weighted by molar-refractivity contribution is 0.0373. The molecule has 43 heavy (non-hydrogen) atoms. The van der Waals surface area contributed by atoms with E-state index in [4.69, 9.17) is 9.47 Å². The first kappa shape index (κ1) is 24.7. The van der Waals surface area contributed by atoms with E-state index in [1.165, 1.54) is 48.5 Å². The Labute approximate surface area is 239 Å². The lowest BCUT2D eigenvalue weighted by Gasteiger charge is -2.31. The number of hydrogen-bond donors (Lipinski definition) is 0. The molecule has 208 valence electrons. The number of imide groups is 2. The van der Waals surface area contributed by atoms with Gasteiger partial charge in [-0.3, -0.25) is 29.0 Å². The van der Waals surface area contributed by atoms with Gasteiger partial charge in [0.2, 0.25) is 0 Å². The van der Waals surface area contributed by atoms with Gasteiger partial charge in [-0.2, -0.15) is 0 Å². The van der Waals surface area contributed by atoms with Crippen molar-refractivity contribution >= 4 is 69.1 Å². The number of cyclic esters (lactones) is 4. The van der Waals surface area contributed by atoms with Gasteiger partial charge in [-0.1, -0.05) is 0 Å². The number of carbonyl (C=O) groups is 8. The fourth-order valence-electron chi connectivity index (χ4n) is 6.33. The van der Waals surface area contributed by atoms with E-state index >= 15 is 0 Å².